The van der Waals surface area contributed by atoms with Gasteiger partial charge in [0.15, 0.2) is 0 Å². The second kappa shape index (κ2) is 6.03. The van der Waals surface area contributed by atoms with Gasteiger partial charge in [-0.25, -0.2) is 14.8 Å². The lowest BCUT2D eigenvalue weighted by Crippen LogP contribution is -2.41. The highest BCUT2D eigenvalue weighted by Gasteiger charge is 2.51. The van der Waals surface area contributed by atoms with Crippen molar-refractivity contribution in [3.05, 3.63) is 34.0 Å². The highest BCUT2D eigenvalue weighted by molar-refractivity contribution is 7.16. The summed E-state index contributed by atoms with van der Waals surface area (Å²) in [5, 5.41) is 13.4. The molecule has 0 aliphatic heterocycles. The number of rotatable bonds is 4. The Kier molecular flexibility index (Phi) is 4.11. The van der Waals surface area contributed by atoms with E-state index in [2.05, 4.69) is 49.9 Å². The van der Waals surface area contributed by atoms with Crippen LogP contribution in [0.5, 0.6) is 0 Å². The SMILES string of the molecule is Cc1c(Nc2ncc(C(=O)O)cn2)sc2c1C(C)(C)CC(C1CC1)C2(C)C. The Bertz CT molecular complexity index is 895. The zero-order valence-electron chi connectivity index (χ0n) is 16.6. The maximum absolute atomic E-state index is 11.0. The van der Waals surface area contributed by atoms with E-state index >= 15 is 0 Å². The number of anilines is 2. The average molecular weight is 386 g/mol. The van der Waals surface area contributed by atoms with Gasteiger partial charge in [-0.15, -0.1) is 11.3 Å². The molecule has 5 nitrogen and oxygen atoms in total. The van der Waals surface area contributed by atoms with Gasteiger partial charge in [0.05, 0.1) is 10.6 Å². The molecule has 0 aromatic carbocycles. The van der Waals surface area contributed by atoms with Crippen molar-refractivity contribution in [2.45, 2.75) is 64.7 Å². The minimum atomic E-state index is -1.01. The van der Waals surface area contributed by atoms with Crippen molar-refractivity contribution in [3.63, 3.8) is 0 Å². The van der Waals surface area contributed by atoms with Gasteiger partial charge in [0.2, 0.25) is 5.95 Å². The van der Waals surface area contributed by atoms with Crippen LogP contribution < -0.4 is 5.32 Å². The molecule has 2 N–H and O–H groups in total. The van der Waals surface area contributed by atoms with Gasteiger partial charge >= 0.3 is 5.97 Å². The molecule has 2 aliphatic rings. The number of nitrogens with one attached hydrogen (secondary N) is 1. The molecule has 2 heterocycles. The Labute approximate surface area is 164 Å². The summed E-state index contributed by atoms with van der Waals surface area (Å²) in [6.07, 6.45) is 6.67. The predicted molar refractivity (Wildman–Crippen MR) is 108 cm³/mol. The molecule has 2 aliphatic carbocycles. The largest absolute Gasteiger partial charge is 0.478 e. The molecule has 0 spiro atoms. The predicted octanol–water partition coefficient (Wildman–Crippen LogP) is 5.27. The van der Waals surface area contributed by atoms with Gasteiger partial charge in [0.25, 0.3) is 0 Å². The first-order valence-electron chi connectivity index (χ1n) is 9.58. The molecule has 1 fully saturated rings. The van der Waals surface area contributed by atoms with Crippen molar-refractivity contribution < 1.29 is 9.90 Å². The number of fused-ring (bicyclic) bond motifs is 1. The van der Waals surface area contributed by atoms with Crippen molar-refractivity contribution in [3.8, 4) is 0 Å². The maximum Gasteiger partial charge on any atom is 0.338 e. The molecule has 6 heteroatoms. The van der Waals surface area contributed by atoms with Crippen LogP contribution in [0.4, 0.5) is 10.9 Å². The number of thiophene rings is 1. The lowest BCUT2D eigenvalue weighted by molar-refractivity contribution is 0.0696. The van der Waals surface area contributed by atoms with Crippen molar-refractivity contribution >= 4 is 28.3 Å². The number of carboxylic acids is 1. The summed E-state index contributed by atoms with van der Waals surface area (Å²) in [4.78, 5) is 20.8. The molecule has 0 radical (unpaired) electrons. The fraction of sp³-hybridized carbons (Fsp3) is 0.571. The van der Waals surface area contributed by atoms with Crippen molar-refractivity contribution in [1.29, 1.82) is 0 Å². The highest BCUT2D eigenvalue weighted by atomic mass is 32.1. The van der Waals surface area contributed by atoms with Crippen LogP contribution in [-0.4, -0.2) is 21.0 Å². The third-order valence-electron chi connectivity index (χ3n) is 6.38. The Hall–Kier alpha value is -1.95. The van der Waals surface area contributed by atoms with Gasteiger partial charge < -0.3 is 10.4 Å². The van der Waals surface area contributed by atoms with Gasteiger partial charge in [-0.1, -0.05) is 27.7 Å². The van der Waals surface area contributed by atoms with Crippen LogP contribution in [0.1, 0.15) is 73.3 Å². The summed E-state index contributed by atoms with van der Waals surface area (Å²) < 4.78 is 0. The first-order chi connectivity index (χ1) is 12.6. The lowest BCUT2D eigenvalue weighted by atomic mass is 9.59. The van der Waals surface area contributed by atoms with Crippen LogP contribution in [0, 0.1) is 18.8 Å². The molecule has 1 atom stereocenters. The Morgan fingerprint density at radius 1 is 1.22 bits per heavy atom. The number of hydrogen-bond acceptors (Lipinski definition) is 5. The van der Waals surface area contributed by atoms with Gasteiger partial charge in [-0.3, -0.25) is 0 Å². The van der Waals surface area contributed by atoms with E-state index < -0.39 is 5.97 Å². The summed E-state index contributed by atoms with van der Waals surface area (Å²) in [5.74, 6) is 1.03. The number of hydrogen-bond donors (Lipinski definition) is 2. The number of aromatic nitrogens is 2. The van der Waals surface area contributed by atoms with Crippen LogP contribution in [0.15, 0.2) is 12.4 Å². The lowest BCUT2D eigenvalue weighted by Gasteiger charge is -2.46. The molecule has 0 saturated heterocycles. The summed E-state index contributed by atoms with van der Waals surface area (Å²) in [6, 6.07) is 0. The number of nitrogens with zero attached hydrogens (tertiary/aromatic N) is 2. The van der Waals surface area contributed by atoms with Crippen LogP contribution >= 0.6 is 11.3 Å². The number of carboxylic acid groups (broad SMARTS) is 1. The normalized spacial score (nSPS) is 22.9. The molecule has 1 saturated carbocycles. The molecule has 0 bridgehead atoms. The Morgan fingerprint density at radius 2 is 1.85 bits per heavy atom. The maximum atomic E-state index is 11.0. The molecule has 0 amide bonds. The van der Waals surface area contributed by atoms with Gasteiger partial charge in [0.1, 0.15) is 0 Å². The highest BCUT2D eigenvalue weighted by Crippen LogP contribution is 2.60. The second-order valence-electron chi connectivity index (χ2n) is 9.24. The van der Waals surface area contributed by atoms with E-state index in [9.17, 15) is 4.79 Å². The van der Waals surface area contributed by atoms with E-state index in [0.29, 0.717) is 5.95 Å². The molecule has 4 rings (SSSR count). The minimum Gasteiger partial charge on any atom is -0.478 e. The summed E-state index contributed by atoms with van der Waals surface area (Å²) >= 11 is 1.82. The van der Waals surface area contributed by atoms with E-state index in [1.54, 1.807) is 0 Å². The van der Waals surface area contributed by atoms with Crippen molar-refractivity contribution in [2.75, 3.05) is 5.32 Å². The van der Waals surface area contributed by atoms with Crippen LogP contribution in [0.25, 0.3) is 0 Å². The molecule has 27 heavy (non-hydrogen) atoms. The van der Waals surface area contributed by atoms with E-state index in [0.717, 1.165) is 16.8 Å². The second-order valence-corrected chi connectivity index (χ2v) is 10.3. The molecule has 1 unspecified atom stereocenters. The molecule has 2 aromatic heterocycles. The fourth-order valence-electron chi connectivity index (χ4n) is 4.84. The van der Waals surface area contributed by atoms with E-state index in [-0.39, 0.29) is 16.4 Å². The van der Waals surface area contributed by atoms with Crippen LogP contribution in [0.3, 0.4) is 0 Å². The summed E-state index contributed by atoms with van der Waals surface area (Å²) in [6.45, 7) is 11.7. The number of carbonyl (C=O) groups is 1. The Balaban J connectivity index is 1.72. The molecule has 2 aromatic rings. The van der Waals surface area contributed by atoms with Gasteiger partial charge in [0, 0.05) is 22.7 Å². The van der Waals surface area contributed by atoms with Gasteiger partial charge in [-0.05, 0) is 54.6 Å². The minimum absolute atomic E-state index is 0.0947. The quantitative estimate of drug-likeness (QED) is 0.749. The molecular formula is C21H27N3O2S. The van der Waals surface area contributed by atoms with E-state index in [1.165, 1.54) is 47.7 Å². The molecular weight excluding hydrogens is 358 g/mol. The monoisotopic (exact) mass is 385 g/mol. The zero-order chi connectivity index (χ0) is 19.6. The summed E-state index contributed by atoms with van der Waals surface area (Å²) in [5.41, 5.74) is 3.17. The first kappa shape index (κ1) is 18.4. The fourth-order valence-corrected chi connectivity index (χ4v) is 6.38. The average Bonchev–Trinajstić information content (AvgIpc) is 3.36. The smallest absolute Gasteiger partial charge is 0.338 e. The first-order valence-corrected chi connectivity index (χ1v) is 10.4. The van der Waals surface area contributed by atoms with E-state index in [4.69, 9.17) is 5.11 Å². The third kappa shape index (κ3) is 3.04. The molecule has 144 valence electrons. The zero-order valence-corrected chi connectivity index (χ0v) is 17.4. The topological polar surface area (TPSA) is 75.1 Å². The standard InChI is InChI=1S/C21H27N3O2S/c1-11-15-16(21(4,5)14(12-6-7-12)8-20(15,2)3)27-17(11)24-19-22-9-13(10-23-19)18(25)26/h9-10,12,14H,6-8H2,1-5H3,(H,25,26)(H,22,23,24). The third-order valence-corrected chi connectivity index (χ3v) is 7.93. The summed E-state index contributed by atoms with van der Waals surface area (Å²) in [7, 11) is 0. The van der Waals surface area contributed by atoms with E-state index in [1.807, 2.05) is 11.3 Å². The van der Waals surface area contributed by atoms with Crippen molar-refractivity contribution in [2.24, 2.45) is 11.8 Å². The van der Waals surface area contributed by atoms with Crippen molar-refractivity contribution in [1.82, 2.24) is 9.97 Å². The van der Waals surface area contributed by atoms with Crippen LogP contribution in [-0.2, 0) is 10.8 Å². The Morgan fingerprint density at radius 3 is 2.41 bits per heavy atom. The number of aromatic carboxylic acids is 1. The van der Waals surface area contributed by atoms with Gasteiger partial charge in [-0.2, -0.15) is 0 Å². The van der Waals surface area contributed by atoms with Crippen LogP contribution in [0.2, 0.25) is 0 Å².